The number of furan rings is 1. The Morgan fingerprint density at radius 2 is 2.40 bits per heavy atom. The molecule has 1 aliphatic rings. The molecule has 106 valence electrons. The van der Waals surface area contributed by atoms with E-state index in [9.17, 15) is 4.79 Å². The zero-order chi connectivity index (χ0) is 13.9. The molecule has 1 saturated heterocycles. The van der Waals surface area contributed by atoms with Crippen molar-refractivity contribution in [1.82, 2.24) is 10.1 Å². The Hall–Kier alpha value is -2.12. The fourth-order valence-electron chi connectivity index (χ4n) is 2.09. The van der Waals surface area contributed by atoms with Gasteiger partial charge < -0.3 is 23.7 Å². The molecule has 2 aromatic heterocycles. The van der Waals surface area contributed by atoms with Crippen LogP contribution >= 0.6 is 0 Å². The lowest BCUT2D eigenvalue weighted by Gasteiger charge is -2.31. The summed E-state index contributed by atoms with van der Waals surface area (Å²) < 4.78 is 15.6. The van der Waals surface area contributed by atoms with Crippen LogP contribution in [0.15, 0.2) is 33.4 Å². The first-order valence-electron chi connectivity index (χ1n) is 6.30. The zero-order valence-corrected chi connectivity index (χ0v) is 10.7. The highest BCUT2D eigenvalue weighted by Gasteiger charge is 2.27. The minimum absolute atomic E-state index is 0.111. The molecule has 1 aliphatic heterocycles. The minimum atomic E-state index is -0.343. The highest BCUT2D eigenvalue weighted by molar-refractivity contribution is 5.93. The molecular weight excluding hydrogens is 264 g/mol. The third-order valence-electron chi connectivity index (χ3n) is 3.12. The Kier molecular flexibility index (Phi) is 3.53. The Balaban J connectivity index is 1.74. The molecule has 3 rings (SSSR count). The van der Waals surface area contributed by atoms with Crippen molar-refractivity contribution in [2.24, 2.45) is 0 Å². The lowest BCUT2D eigenvalue weighted by Crippen LogP contribution is -2.47. The van der Waals surface area contributed by atoms with Crippen molar-refractivity contribution in [2.45, 2.75) is 6.10 Å². The molecule has 1 N–H and O–H groups in total. The molecule has 1 fully saturated rings. The molecule has 20 heavy (non-hydrogen) atoms. The van der Waals surface area contributed by atoms with Crippen LogP contribution in [0.5, 0.6) is 0 Å². The summed E-state index contributed by atoms with van der Waals surface area (Å²) in [6.45, 7) is 1.11. The highest BCUT2D eigenvalue weighted by atomic mass is 16.5. The van der Waals surface area contributed by atoms with Gasteiger partial charge in [0.1, 0.15) is 0 Å². The molecule has 7 nitrogen and oxygen atoms in total. The van der Waals surface area contributed by atoms with Crippen LogP contribution in [-0.2, 0) is 4.74 Å². The molecule has 1 atom stereocenters. The van der Waals surface area contributed by atoms with Gasteiger partial charge >= 0.3 is 0 Å². The van der Waals surface area contributed by atoms with Crippen LogP contribution in [0.25, 0.3) is 11.5 Å². The van der Waals surface area contributed by atoms with E-state index in [0.717, 1.165) is 0 Å². The number of carbonyl (C=O) groups is 1. The summed E-state index contributed by atoms with van der Waals surface area (Å²) >= 11 is 0. The maximum atomic E-state index is 12.3. The first kappa shape index (κ1) is 12.9. The van der Waals surface area contributed by atoms with E-state index in [-0.39, 0.29) is 24.3 Å². The van der Waals surface area contributed by atoms with Crippen molar-refractivity contribution in [3.63, 3.8) is 0 Å². The number of rotatable bonds is 3. The Bertz CT molecular complexity index is 577. The molecule has 1 unspecified atom stereocenters. The molecule has 2 aromatic rings. The van der Waals surface area contributed by atoms with Crippen LogP contribution in [0.4, 0.5) is 0 Å². The number of carbonyl (C=O) groups excluding carboxylic acids is 1. The Morgan fingerprint density at radius 3 is 3.15 bits per heavy atom. The molecular formula is C13H14N2O5. The van der Waals surface area contributed by atoms with E-state index in [4.69, 9.17) is 18.8 Å². The van der Waals surface area contributed by atoms with Gasteiger partial charge in [0.2, 0.25) is 5.76 Å². The van der Waals surface area contributed by atoms with Crippen molar-refractivity contribution < 1.29 is 23.6 Å². The smallest absolute Gasteiger partial charge is 0.276 e. The second kappa shape index (κ2) is 5.48. The summed E-state index contributed by atoms with van der Waals surface area (Å²) in [4.78, 5) is 13.9. The topological polar surface area (TPSA) is 88.9 Å². The molecule has 0 radical (unpaired) electrons. The van der Waals surface area contributed by atoms with Crippen molar-refractivity contribution in [3.05, 3.63) is 30.2 Å². The summed E-state index contributed by atoms with van der Waals surface area (Å²) in [6, 6.07) is 5.00. The zero-order valence-electron chi connectivity index (χ0n) is 10.7. The van der Waals surface area contributed by atoms with E-state index >= 15 is 0 Å². The normalized spacial score (nSPS) is 19.2. The Labute approximate surface area is 114 Å². The van der Waals surface area contributed by atoms with Crippen molar-refractivity contribution in [2.75, 3.05) is 26.3 Å². The SMILES string of the molecule is O=C(c1cc(-c2ccco2)on1)N1CCOC(CO)C1. The third kappa shape index (κ3) is 2.45. The quantitative estimate of drug-likeness (QED) is 0.892. The van der Waals surface area contributed by atoms with Gasteiger partial charge in [-0.1, -0.05) is 5.16 Å². The van der Waals surface area contributed by atoms with Gasteiger partial charge in [-0.2, -0.15) is 0 Å². The highest BCUT2D eigenvalue weighted by Crippen LogP contribution is 2.21. The summed E-state index contributed by atoms with van der Waals surface area (Å²) in [6.07, 6.45) is 1.18. The van der Waals surface area contributed by atoms with E-state index in [1.165, 1.54) is 6.26 Å². The van der Waals surface area contributed by atoms with Gasteiger partial charge in [0.05, 0.1) is 25.6 Å². The molecule has 0 aromatic carbocycles. The molecule has 0 aliphatic carbocycles. The number of aromatic nitrogens is 1. The van der Waals surface area contributed by atoms with E-state index in [1.807, 2.05) is 0 Å². The first-order valence-corrected chi connectivity index (χ1v) is 6.30. The number of aliphatic hydroxyl groups is 1. The molecule has 7 heteroatoms. The second-order valence-electron chi connectivity index (χ2n) is 4.48. The standard InChI is InChI=1S/C13H14N2O5/c16-8-9-7-15(3-5-18-9)13(17)10-6-12(20-14-10)11-2-1-4-19-11/h1-2,4,6,9,16H,3,5,7-8H2. The maximum absolute atomic E-state index is 12.3. The summed E-state index contributed by atoms with van der Waals surface area (Å²) in [5, 5.41) is 12.8. The van der Waals surface area contributed by atoms with Crippen molar-refractivity contribution in [1.29, 1.82) is 0 Å². The van der Waals surface area contributed by atoms with Crippen LogP contribution < -0.4 is 0 Å². The number of hydrogen-bond donors (Lipinski definition) is 1. The number of morpholine rings is 1. The van der Waals surface area contributed by atoms with Gasteiger partial charge in [-0.15, -0.1) is 0 Å². The van der Waals surface area contributed by atoms with Gasteiger partial charge in [0.15, 0.2) is 11.5 Å². The summed E-state index contributed by atoms with van der Waals surface area (Å²) in [5.41, 5.74) is 0.218. The number of nitrogens with zero attached hydrogens (tertiary/aromatic N) is 2. The van der Waals surface area contributed by atoms with E-state index in [1.54, 1.807) is 23.1 Å². The van der Waals surface area contributed by atoms with E-state index in [0.29, 0.717) is 31.2 Å². The van der Waals surface area contributed by atoms with E-state index < -0.39 is 0 Å². The number of aliphatic hydroxyl groups excluding tert-OH is 1. The van der Waals surface area contributed by atoms with Gasteiger partial charge in [0, 0.05) is 19.2 Å². The minimum Gasteiger partial charge on any atom is -0.461 e. The Morgan fingerprint density at radius 1 is 1.50 bits per heavy atom. The predicted molar refractivity (Wildman–Crippen MR) is 66.9 cm³/mol. The van der Waals surface area contributed by atoms with E-state index in [2.05, 4.69) is 5.16 Å². The lowest BCUT2D eigenvalue weighted by atomic mass is 10.2. The van der Waals surface area contributed by atoms with Crippen molar-refractivity contribution >= 4 is 5.91 Å². The van der Waals surface area contributed by atoms with Gasteiger partial charge in [-0.3, -0.25) is 4.79 Å². The van der Waals surface area contributed by atoms with Crippen LogP contribution in [0, 0.1) is 0 Å². The third-order valence-corrected chi connectivity index (χ3v) is 3.12. The van der Waals surface area contributed by atoms with Crippen LogP contribution in [0.3, 0.4) is 0 Å². The number of ether oxygens (including phenoxy) is 1. The molecule has 1 amide bonds. The number of hydrogen-bond acceptors (Lipinski definition) is 6. The average molecular weight is 278 g/mol. The van der Waals surface area contributed by atoms with Crippen LogP contribution in [-0.4, -0.2) is 53.5 Å². The average Bonchev–Trinajstić information content (AvgIpc) is 3.17. The maximum Gasteiger partial charge on any atom is 0.276 e. The fraction of sp³-hybridized carbons (Fsp3) is 0.385. The van der Waals surface area contributed by atoms with Gasteiger partial charge in [0.25, 0.3) is 5.91 Å². The fourth-order valence-corrected chi connectivity index (χ4v) is 2.09. The van der Waals surface area contributed by atoms with Crippen molar-refractivity contribution in [3.8, 4) is 11.5 Å². The monoisotopic (exact) mass is 278 g/mol. The second-order valence-corrected chi connectivity index (χ2v) is 4.48. The molecule has 3 heterocycles. The molecule has 0 saturated carbocycles. The first-order chi connectivity index (χ1) is 9.78. The van der Waals surface area contributed by atoms with Crippen LogP contribution in [0.2, 0.25) is 0 Å². The lowest BCUT2D eigenvalue weighted by molar-refractivity contribution is -0.0449. The predicted octanol–water partition coefficient (Wildman–Crippen LogP) is 0.768. The molecule has 0 spiro atoms. The van der Waals surface area contributed by atoms with Gasteiger partial charge in [-0.05, 0) is 12.1 Å². The van der Waals surface area contributed by atoms with Crippen LogP contribution in [0.1, 0.15) is 10.5 Å². The van der Waals surface area contributed by atoms with Gasteiger partial charge in [-0.25, -0.2) is 0 Å². The summed E-state index contributed by atoms with van der Waals surface area (Å²) in [5.74, 6) is 0.686. The summed E-state index contributed by atoms with van der Waals surface area (Å²) in [7, 11) is 0. The number of amides is 1. The molecule has 0 bridgehead atoms. The largest absolute Gasteiger partial charge is 0.461 e.